The standard InChI is InChI=1S/C7H3BrIN3O/c8-5-1-4(2-10-3-5)6-11-12-7(9)13-6/h1-3H. The molecule has 13 heavy (non-hydrogen) atoms. The number of aromatic nitrogens is 3. The number of hydrogen-bond acceptors (Lipinski definition) is 4. The van der Waals surface area contributed by atoms with Gasteiger partial charge in [-0.3, -0.25) is 4.98 Å². The van der Waals surface area contributed by atoms with E-state index in [0.717, 1.165) is 10.0 Å². The first-order chi connectivity index (χ1) is 6.25. The zero-order valence-electron chi connectivity index (χ0n) is 6.24. The van der Waals surface area contributed by atoms with Gasteiger partial charge in [-0.2, -0.15) is 0 Å². The van der Waals surface area contributed by atoms with E-state index in [4.69, 9.17) is 4.42 Å². The van der Waals surface area contributed by atoms with E-state index in [1.165, 1.54) is 0 Å². The molecular formula is C7H3BrIN3O. The molecule has 0 atom stereocenters. The van der Waals surface area contributed by atoms with Gasteiger partial charge in [0.25, 0.3) is 3.90 Å². The first-order valence-electron chi connectivity index (χ1n) is 3.35. The van der Waals surface area contributed by atoms with E-state index in [0.29, 0.717) is 9.79 Å². The molecule has 2 heterocycles. The normalized spacial score (nSPS) is 10.3. The average Bonchev–Trinajstić information content (AvgIpc) is 2.52. The first kappa shape index (κ1) is 9.07. The highest BCUT2D eigenvalue weighted by Crippen LogP contribution is 2.20. The molecule has 0 amide bonds. The predicted octanol–water partition coefficient (Wildman–Crippen LogP) is 2.50. The summed E-state index contributed by atoms with van der Waals surface area (Å²) < 4.78 is 6.64. The second kappa shape index (κ2) is 3.70. The Morgan fingerprint density at radius 2 is 2.15 bits per heavy atom. The number of halogens is 2. The summed E-state index contributed by atoms with van der Waals surface area (Å²) in [6.07, 6.45) is 3.37. The fourth-order valence-corrected chi connectivity index (χ4v) is 1.53. The largest absolute Gasteiger partial charge is 0.412 e. The highest BCUT2D eigenvalue weighted by Gasteiger charge is 2.06. The summed E-state index contributed by atoms with van der Waals surface area (Å²) >= 11 is 5.28. The SMILES string of the molecule is Brc1cncc(-c2nnc(I)o2)c1. The third-order valence-electron chi connectivity index (χ3n) is 1.35. The lowest BCUT2D eigenvalue weighted by molar-refractivity contribution is 0.536. The van der Waals surface area contributed by atoms with Gasteiger partial charge in [0.05, 0.1) is 5.56 Å². The maximum Gasteiger partial charge on any atom is 0.278 e. The quantitative estimate of drug-likeness (QED) is 0.741. The van der Waals surface area contributed by atoms with Crippen LogP contribution in [0.4, 0.5) is 0 Å². The van der Waals surface area contributed by atoms with Crippen LogP contribution in [0.25, 0.3) is 11.5 Å². The third kappa shape index (κ3) is 2.05. The fraction of sp³-hybridized carbons (Fsp3) is 0. The minimum atomic E-state index is 0.484. The Morgan fingerprint density at radius 1 is 1.31 bits per heavy atom. The smallest absolute Gasteiger partial charge is 0.278 e. The Bertz CT molecular complexity index is 431. The van der Waals surface area contributed by atoms with E-state index in [-0.39, 0.29) is 0 Å². The van der Waals surface area contributed by atoms with Crippen LogP contribution >= 0.6 is 38.5 Å². The molecule has 2 aromatic rings. The van der Waals surface area contributed by atoms with Crippen molar-refractivity contribution in [2.75, 3.05) is 0 Å². The first-order valence-corrected chi connectivity index (χ1v) is 5.23. The molecule has 0 aliphatic rings. The monoisotopic (exact) mass is 351 g/mol. The summed E-state index contributed by atoms with van der Waals surface area (Å²) in [5.74, 6) is 0.484. The van der Waals surface area contributed by atoms with Crippen molar-refractivity contribution >= 4 is 38.5 Å². The summed E-state index contributed by atoms with van der Waals surface area (Å²) in [5, 5.41) is 7.59. The van der Waals surface area contributed by atoms with Crippen molar-refractivity contribution in [1.29, 1.82) is 0 Å². The summed E-state index contributed by atoms with van der Waals surface area (Å²) in [4.78, 5) is 3.99. The molecule has 66 valence electrons. The lowest BCUT2D eigenvalue weighted by Crippen LogP contribution is -1.79. The van der Waals surface area contributed by atoms with Crippen LogP contribution in [0.1, 0.15) is 0 Å². The van der Waals surface area contributed by atoms with Crippen LogP contribution < -0.4 is 0 Å². The minimum Gasteiger partial charge on any atom is -0.412 e. The van der Waals surface area contributed by atoms with E-state index in [1.54, 1.807) is 12.4 Å². The van der Waals surface area contributed by atoms with Gasteiger partial charge in [0, 0.05) is 39.5 Å². The second-order valence-corrected chi connectivity index (χ2v) is 4.09. The molecule has 0 fully saturated rings. The number of nitrogens with zero attached hydrogens (tertiary/aromatic N) is 3. The van der Waals surface area contributed by atoms with Crippen molar-refractivity contribution in [3.8, 4) is 11.5 Å². The predicted molar refractivity (Wildman–Crippen MR) is 57.9 cm³/mol. The number of rotatable bonds is 1. The molecule has 4 nitrogen and oxygen atoms in total. The highest BCUT2D eigenvalue weighted by molar-refractivity contribution is 14.1. The van der Waals surface area contributed by atoms with Crippen LogP contribution in [0, 0.1) is 3.90 Å². The molecule has 0 unspecified atom stereocenters. The maximum absolute atomic E-state index is 5.23. The molecule has 0 aromatic carbocycles. The van der Waals surface area contributed by atoms with Crippen molar-refractivity contribution in [3.63, 3.8) is 0 Å². The van der Waals surface area contributed by atoms with Crippen LogP contribution in [0.3, 0.4) is 0 Å². The van der Waals surface area contributed by atoms with Gasteiger partial charge in [-0.25, -0.2) is 0 Å². The average molecular weight is 352 g/mol. The van der Waals surface area contributed by atoms with E-state index < -0.39 is 0 Å². The van der Waals surface area contributed by atoms with Crippen molar-refractivity contribution in [1.82, 2.24) is 15.2 Å². The van der Waals surface area contributed by atoms with Crippen LogP contribution in [0.2, 0.25) is 0 Å². The van der Waals surface area contributed by atoms with Gasteiger partial charge in [-0.15, -0.1) is 10.2 Å². The zero-order valence-corrected chi connectivity index (χ0v) is 9.98. The molecule has 0 saturated carbocycles. The molecule has 0 aliphatic carbocycles. The molecule has 0 bridgehead atoms. The molecular weight excluding hydrogens is 349 g/mol. The highest BCUT2D eigenvalue weighted by atomic mass is 127. The number of pyridine rings is 1. The van der Waals surface area contributed by atoms with Crippen LogP contribution in [0.15, 0.2) is 27.3 Å². The van der Waals surface area contributed by atoms with Crippen molar-refractivity contribution in [3.05, 3.63) is 26.8 Å². The Labute approximate surface area is 96.0 Å². The Hall–Kier alpha value is -0.500. The van der Waals surface area contributed by atoms with E-state index >= 15 is 0 Å². The molecule has 0 spiro atoms. The topological polar surface area (TPSA) is 51.8 Å². The summed E-state index contributed by atoms with van der Waals surface area (Å²) in [6, 6.07) is 1.87. The molecule has 0 N–H and O–H groups in total. The maximum atomic E-state index is 5.23. The number of hydrogen-bond donors (Lipinski definition) is 0. The fourth-order valence-electron chi connectivity index (χ4n) is 0.851. The van der Waals surface area contributed by atoms with Gasteiger partial charge in [0.2, 0.25) is 5.89 Å². The van der Waals surface area contributed by atoms with Crippen LogP contribution in [0.5, 0.6) is 0 Å². The van der Waals surface area contributed by atoms with E-state index in [1.807, 2.05) is 28.7 Å². The lowest BCUT2D eigenvalue weighted by atomic mass is 10.3. The van der Waals surface area contributed by atoms with Gasteiger partial charge < -0.3 is 4.42 Å². The van der Waals surface area contributed by atoms with Gasteiger partial charge >= 0.3 is 0 Å². The van der Waals surface area contributed by atoms with Crippen LogP contribution in [-0.4, -0.2) is 15.2 Å². The zero-order chi connectivity index (χ0) is 9.26. The van der Waals surface area contributed by atoms with Crippen molar-refractivity contribution in [2.45, 2.75) is 0 Å². The van der Waals surface area contributed by atoms with E-state index in [9.17, 15) is 0 Å². The summed E-state index contributed by atoms with van der Waals surface area (Å²) in [7, 11) is 0. The lowest BCUT2D eigenvalue weighted by Gasteiger charge is -1.93. The Morgan fingerprint density at radius 3 is 2.77 bits per heavy atom. The molecule has 0 saturated heterocycles. The minimum absolute atomic E-state index is 0.484. The molecule has 2 aromatic heterocycles. The summed E-state index contributed by atoms with van der Waals surface area (Å²) in [5.41, 5.74) is 0.810. The van der Waals surface area contributed by atoms with Gasteiger partial charge in [-0.05, 0) is 22.0 Å². The molecule has 0 radical (unpaired) electrons. The van der Waals surface area contributed by atoms with Crippen molar-refractivity contribution < 1.29 is 4.42 Å². The molecule has 6 heteroatoms. The molecule has 2 rings (SSSR count). The van der Waals surface area contributed by atoms with Crippen LogP contribution in [-0.2, 0) is 0 Å². The Balaban J connectivity index is 2.46. The summed E-state index contributed by atoms with van der Waals surface area (Å²) in [6.45, 7) is 0. The van der Waals surface area contributed by atoms with Gasteiger partial charge in [-0.1, -0.05) is 0 Å². The van der Waals surface area contributed by atoms with Gasteiger partial charge in [0.15, 0.2) is 0 Å². The van der Waals surface area contributed by atoms with E-state index in [2.05, 4.69) is 31.1 Å². The Kier molecular flexibility index (Phi) is 2.58. The van der Waals surface area contributed by atoms with Gasteiger partial charge in [0.1, 0.15) is 0 Å². The second-order valence-electron chi connectivity index (χ2n) is 2.25. The molecule has 0 aliphatic heterocycles. The third-order valence-corrected chi connectivity index (χ3v) is 2.22. The van der Waals surface area contributed by atoms with Crippen molar-refractivity contribution in [2.24, 2.45) is 0 Å².